The maximum absolute atomic E-state index is 10.2. The van der Waals surface area contributed by atoms with Crippen molar-refractivity contribution >= 4 is 11.0 Å². The number of aromatic nitrogens is 4. The number of para-hydroxylation sites is 2. The molecule has 1 unspecified atom stereocenters. The summed E-state index contributed by atoms with van der Waals surface area (Å²) in [5.74, 6) is 0. The summed E-state index contributed by atoms with van der Waals surface area (Å²) >= 11 is 0. The van der Waals surface area contributed by atoms with Gasteiger partial charge in [0.15, 0.2) is 0 Å². The van der Waals surface area contributed by atoms with Gasteiger partial charge in [-0.1, -0.05) is 12.1 Å². The third kappa shape index (κ3) is 2.72. The van der Waals surface area contributed by atoms with Gasteiger partial charge in [-0.2, -0.15) is 5.10 Å². The SMILES string of the molecule is Cn1cc(CCC(O)Cn2cnc3ccccc32)cn1. The molecule has 0 aliphatic rings. The molecule has 3 rings (SSSR count). The number of aryl methyl sites for hydroxylation is 2. The molecule has 0 aliphatic carbocycles. The molecule has 2 aromatic heterocycles. The summed E-state index contributed by atoms with van der Waals surface area (Å²) in [5.41, 5.74) is 3.18. The van der Waals surface area contributed by atoms with Crippen LogP contribution in [0.15, 0.2) is 43.0 Å². The molecule has 0 saturated carbocycles. The summed E-state index contributed by atoms with van der Waals surface area (Å²) in [4.78, 5) is 4.33. The molecule has 0 aliphatic heterocycles. The van der Waals surface area contributed by atoms with E-state index in [-0.39, 0.29) is 6.10 Å². The number of aliphatic hydroxyl groups is 1. The summed E-state index contributed by atoms with van der Waals surface area (Å²) in [7, 11) is 1.90. The van der Waals surface area contributed by atoms with Gasteiger partial charge in [0.05, 0.1) is 36.2 Å². The molecule has 0 fully saturated rings. The normalized spacial score (nSPS) is 12.9. The number of fused-ring (bicyclic) bond motifs is 1. The minimum atomic E-state index is -0.382. The Morgan fingerprint density at radius 3 is 2.95 bits per heavy atom. The highest BCUT2D eigenvalue weighted by molar-refractivity contribution is 5.74. The molecule has 0 bridgehead atoms. The minimum absolute atomic E-state index is 0.382. The van der Waals surface area contributed by atoms with Crippen molar-refractivity contribution in [3.8, 4) is 0 Å². The third-order valence-electron chi connectivity index (χ3n) is 3.46. The van der Waals surface area contributed by atoms with E-state index in [1.807, 2.05) is 48.3 Å². The van der Waals surface area contributed by atoms with Crippen LogP contribution in [0.3, 0.4) is 0 Å². The molecule has 1 atom stereocenters. The third-order valence-corrected chi connectivity index (χ3v) is 3.46. The summed E-state index contributed by atoms with van der Waals surface area (Å²) in [5, 5.41) is 14.3. The lowest BCUT2D eigenvalue weighted by Gasteiger charge is -2.11. The molecule has 104 valence electrons. The zero-order chi connectivity index (χ0) is 13.9. The van der Waals surface area contributed by atoms with E-state index in [9.17, 15) is 5.11 Å². The summed E-state index contributed by atoms with van der Waals surface area (Å²) in [6.45, 7) is 0.570. The summed E-state index contributed by atoms with van der Waals surface area (Å²) in [6.07, 6.45) is 6.80. The lowest BCUT2D eigenvalue weighted by atomic mass is 10.1. The number of aliphatic hydroxyl groups excluding tert-OH is 1. The number of hydrogen-bond donors (Lipinski definition) is 1. The van der Waals surface area contributed by atoms with Gasteiger partial charge in [0.2, 0.25) is 0 Å². The van der Waals surface area contributed by atoms with Crippen LogP contribution in [-0.2, 0) is 20.0 Å². The lowest BCUT2D eigenvalue weighted by Crippen LogP contribution is -2.16. The maximum atomic E-state index is 10.2. The van der Waals surface area contributed by atoms with Gasteiger partial charge in [-0.05, 0) is 30.5 Å². The van der Waals surface area contributed by atoms with Crippen LogP contribution in [0.5, 0.6) is 0 Å². The fourth-order valence-corrected chi connectivity index (χ4v) is 2.41. The van der Waals surface area contributed by atoms with Gasteiger partial charge in [-0.25, -0.2) is 4.98 Å². The molecule has 0 amide bonds. The van der Waals surface area contributed by atoms with Gasteiger partial charge in [-0.15, -0.1) is 0 Å². The molecule has 5 heteroatoms. The first kappa shape index (κ1) is 12.9. The van der Waals surface area contributed by atoms with Crippen LogP contribution < -0.4 is 0 Å². The van der Waals surface area contributed by atoms with Gasteiger partial charge in [0.25, 0.3) is 0 Å². The zero-order valence-corrected chi connectivity index (χ0v) is 11.5. The lowest BCUT2D eigenvalue weighted by molar-refractivity contribution is 0.146. The monoisotopic (exact) mass is 270 g/mol. The van der Waals surface area contributed by atoms with Crippen LogP contribution in [0, 0.1) is 0 Å². The van der Waals surface area contributed by atoms with Crippen LogP contribution in [0.25, 0.3) is 11.0 Å². The Bertz CT molecular complexity index is 701. The van der Waals surface area contributed by atoms with E-state index in [4.69, 9.17) is 0 Å². The van der Waals surface area contributed by atoms with Crippen molar-refractivity contribution in [3.05, 3.63) is 48.5 Å². The number of hydrogen-bond acceptors (Lipinski definition) is 3. The van der Waals surface area contributed by atoms with Gasteiger partial charge in [0, 0.05) is 13.2 Å². The number of rotatable bonds is 5. The number of benzene rings is 1. The highest BCUT2D eigenvalue weighted by atomic mass is 16.3. The van der Waals surface area contributed by atoms with Crippen molar-refractivity contribution in [2.75, 3.05) is 0 Å². The Morgan fingerprint density at radius 1 is 1.30 bits per heavy atom. The molecule has 3 aromatic rings. The molecule has 20 heavy (non-hydrogen) atoms. The topological polar surface area (TPSA) is 55.9 Å². The van der Waals surface area contributed by atoms with E-state index >= 15 is 0 Å². The standard InChI is InChI=1S/C15H18N4O/c1-18-9-12(8-17-18)6-7-13(20)10-19-11-16-14-4-2-3-5-15(14)19/h2-5,8-9,11,13,20H,6-7,10H2,1H3. The second-order valence-electron chi connectivity index (χ2n) is 5.10. The highest BCUT2D eigenvalue weighted by Crippen LogP contribution is 2.13. The van der Waals surface area contributed by atoms with Crippen molar-refractivity contribution in [2.45, 2.75) is 25.5 Å². The zero-order valence-electron chi connectivity index (χ0n) is 11.5. The molecule has 0 spiro atoms. The van der Waals surface area contributed by atoms with E-state index in [2.05, 4.69) is 10.1 Å². The molecular weight excluding hydrogens is 252 g/mol. The van der Waals surface area contributed by atoms with E-state index in [0.29, 0.717) is 6.54 Å². The Labute approximate surface area is 117 Å². The van der Waals surface area contributed by atoms with Crippen LogP contribution in [0.4, 0.5) is 0 Å². The second-order valence-corrected chi connectivity index (χ2v) is 5.10. The maximum Gasteiger partial charge on any atom is 0.0959 e. The van der Waals surface area contributed by atoms with Gasteiger partial charge < -0.3 is 9.67 Å². The molecular formula is C15H18N4O. The molecule has 2 heterocycles. The van der Waals surface area contributed by atoms with E-state index < -0.39 is 0 Å². The van der Waals surface area contributed by atoms with Gasteiger partial charge in [-0.3, -0.25) is 4.68 Å². The van der Waals surface area contributed by atoms with E-state index in [1.165, 1.54) is 0 Å². The fraction of sp³-hybridized carbons (Fsp3) is 0.333. The average molecular weight is 270 g/mol. The molecule has 5 nitrogen and oxygen atoms in total. The van der Waals surface area contributed by atoms with Crippen molar-refractivity contribution in [3.63, 3.8) is 0 Å². The van der Waals surface area contributed by atoms with E-state index in [0.717, 1.165) is 29.4 Å². The predicted molar refractivity (Wildman–Crippen MR) is 77.3 cm³/mol. The predicted octanol–water partition coefficient (Wildman–Crippen LogP) is 1.76. The first-order valence-corrected chi connectivity index (χ1v) is 6.78. The molecule has 0 saturated heterocycles. The Hall–Kier alpha value is -2.14. The Morgan fingerprint density at radius 2 is 2.15 bits per heavy atom. The van der Waals surface area contributed by atoms with Crippen molar-refractivity contribution in [2.24, 2.45) is 7.05 Å². The van der Waals surface area contributed by atoms with E-state index in [1.54, 1.807) is 11.0 Å². The van der Waals surface area contributed by atoms with Crippen molar-refractivity contribution < 1.29 is 5.11 Å². The Kier molecular flexibility index (Phi) is 3.52. The van der Waals surface area contributed by atoms with Gasteiger partial charge in [0.1, 0.15) is 0 Å². The first-order chi connectivity index (χ1) is 9.72. The van der Waals surface area contributed by atoms with Crippen molar-refractivity contribution in [1.82, 2.24) is 19.3 Å². The summed E-state index contributed by atoms with van der Waals surface area (Å²) in [6, 6.07) is 7.96. The van der Waals surface area contributed by atoms with Crippen LogP contribution >= 0.6 is 0 Å². The second kappa shape index (κ2) is 5.46. The van der Waals surface area contributed by atoms with Crippen LogP contribution in [-0.4, -0.2) is 30.5 Å². The van der Waals surface area contributed by atoms with Crippen LogP contribution in [0.2, 0.25) is 0 Å². The molecule has 1 N–H and O–H groups in total. The number of nitrogens with zero attached hydrogens (tertiary/aromatic N) is 4. The minimum Gasteiger partial charge on any atom is -0.391 e. The van der Waals surface area contributed by atoms with Crippen LogP contribution in [0.1, 0.15) is 12.0 Å². The highest BCUT2D eigenvalue weighted by Gasteiger charge is 2.09. The molecule has 0 radical (unpaired) electrons. The quantitative estimate of drug-likeness (QED) is 0.768. The average Bonchev–Trinajstić information content (AvgIpc) is 3.04. The smallest absolute Gasteiger partial charge is 0.0959 e. The largest absolute Gasteiger partial charge is 0.391 e. The summed E-state index contributed by atoms with van der Waals surface area (Å²) < 4.78 is 3.79. The van der Waals surface area contributed by atoms with Crippen molar-refractivity contribution in [1.29, 1.82) is 0 Å². The Balaban J connectivity index is 1.62. The molecule has 1 aromatic carbocycles. The first-order valence-electron chi connectivity index (χ1n) is 6.78. The fourth-order valence-electron chi connectivity index (χ4n) is 2.41. The van der Waals surface area contributed by atoms with Gasteiger partial charge >= 0.3 is 0 Å². The number of imidazole rings is 1.